The van der Waals surface area contributed by atoms with Gasteiger partial charge in [-0.15, -0.1) is 0 Å². The van der Waals surface area contributed by atoms with Crippen molar-refractivity contribution in [3.63, 3.8) is 0 Å². The molecule has 0 fully saturated rings. The summed E-state index contributed by atoms with van der Waals surface area (Å²) in [5.74, 6) is 0.240. The molecule has 2 aromatic rings. The van der Waals surface area contributed by atoms with Crippen molar-refractivity contribution in [2.24, 2.45) is 11.0 Å². The number of hydrazone groups is 1. The van der Waals surface area contributed by atoms with Crippen molar-refractivity contribution < 1.29 is 4.79 Å². The number of amides is 1. The maximum absolute atomic E-state index is 12.2. The summed E-state index contributed by atoms with van der Waals surface area (Å²) in [7, 11) is 0. The Morgan fingerprint density at radius 3 is 2.36 bits per heavy atom. The average Bonchev–Trinajstić information content (AvgIpc) is 2.52. The van der Waals surface area contributed by atoms with Gasteiger partial charge in [0, 0.05) is 4.47 Å². The van der Waals surface area contributed by atoms with Gasteiger partial charge in [-0.2, -0.15) is 5.10 Å². The van der Waals surface area contributed by atoms with Crippen molar-refractivity contribution in [3.8, 4) is 0 Å². The number of nitrogens with one attached hydrogen (secondary N) is 1. The Kier molecular flexibility index (Phi) is 5.90. The van der Waals surface area contributed by atoms with E-state index in [1.807, 2.05) is 48.5 Å². The van der Waals surface area contributed by atoms with Crippen molar-refractivity contribution in [3.05, 3.63) is 70.2 Å². The van der Waals surface area contributed by atoms with Gasteiger partial charge in [0.25, 0.3) is 5.91 Å². The Bertz CT molecular complexity index is 666. The Morgan fingerprint density at radius 2 is 1.73 bits per heavy atom. The summed E-state index contributed by atoms with van der Waals surface area (Å²) < 4.78 is 0.757. The summed E-state index contributed by atoms with van der Waals surface area (Å²) in [6.07, 6.45) is 0.806. The molecule has 0 bridgehead atoms. The molecule has 0 aliphatic carbocycles. The minimum Gasteiger partial charge on any atom is -0.267 e. The number of nitrogens with zero attached hydrogens (tertiary/aromatic N) is 1. The largest absolute Gasteiger partial charge is 0.272 e. The highest BCUT2D eigenvalue weighted by Crippen LogP contribution is 2.16. The molecule has 22 heavy (non-hydrogen) atoms. The lowest BCUT2D eigenvalue weighted by atomic mass is 10.0. The number of hydrogen-bond donors (Lipinski definition) is 1. The molecule has 0 radical (unpaired) electrons. The second-order valence-electron chi connectivity index (χ2n) is 5.44. The fourth-order valence-corrected chi connectivity index (χ4v) is 2.53. The van der Waals surface area contributed by atoms with E-state index in [1.54, 1.807) is 6.07 Å². The van der Waals surface area contributed by atoms with Crippen LogP contribution in [0.15, 0.2) is 64.2 Å². The molecule has 0 heterocycles. The number of carbonyl (C=O) groups excluding carboxylic acids is 1. The van der Waals surface area contributed by atoms with Crippen LogP contribution >= 0.6 is 15.9 Å². The molecule has 3 nitrogen and oxygen atoms in total. The van der Waals surface area contributed by atoms with Crippen molar-refractivity contribution in [2.45, 2.75) is 20.3 Å². The molecule has 0 aromatic heterocycles. The molecule has 0 unspecified atom stereocenters. The number of carbonyl (C=O) groups is 1. The number of halogens is 1. The van der Waals surface area contributed by atoms with Gasteiger partial charge in [-0.25, -0.2) is 5.43 Å². The Morgan fingerprint density at radius 1 is 1.09 bits per heavy atom. The quantitative estimate of drug-likeness (QED) is 0.614. The third kappa shape index (κ3) is 4.53. The Labute approximate surface area is 139 Å². The maximum atomic E-state index is 12.2. The zero-order valence-corrected chi connectivity index (χ0v) is 14.3. The van der Waals surface area contributed by atoms with Crippen LogP contribution in [0.3, 0.4) is 0 Å². The molecule has 114 valence electrons. The standard InChI is InChI=1S/C18H19BrN2O/c1-13(2)12-17(14-8-4-3-5-9-14)20-21-18(22)15-10-6-7-11-16(15)19/h3-11,13H,12H2,1-2H3,(H,21,22). The second-order valence-corrected chi connectivity index (χ2v) is 6.30. The molecule has 0 aliphatic rings. The fourth-order valence-electron chi connectivity index (χ4n) is 2.07. The zero-order chi connectivity index (χ0) is 15.9. The van der Waals surface area contributed by atoms with Crippen molar-refractivity contribution in [2.75, 3.05) is 0 Å². The van der Waals surface area contributed by atoms with Gasteiger partial charge in [-0.3, -0.25) is 4.79 Å². The lowest BCUT2D eigenvalue weighted by molar-refractivity contribution is 0.0954. The predicted octanol–water partition coefficient (Wildman–Crippen LogP) is 4.63. The molecule has 0 atom stereocenters. The van der Waals surface area contributed by atoms with Crippen LogP contribution in [0.4, 0.5) is 0 Å². The highest BCUT2D eigenvalue weighted by molar-refractivity contribution is 9.10. The molecular formula is C18H19BrN2O. The molecule has 2 aromatic carbocycles. The monoisotopic (exact) mass is 358 g/mol. The summed E-state index contributed by atoms with van der Waals surface area (Å²) in [5, 5.41) is 4.35. The first-order chi connectivity index (χ1) is 10.6. The summed E-state index contributed by atoms with van der Waals surface area (Å²) >= 11 is 3.38. The maximum Gasteiger partial charge on any atom is 0.272 e. The minimum atomic E-state index is -0.218. The molecular weight excluding hydrogens is 340 g/mol. The SMILES string of the molecule is CC(C)CC(=NNC(=O)c1ccccc1Br)c1ccccc1. The third-order valence-corrected chi connectivity index (χ3v) is 3.81. The smallest absolute Gasteiger partial charge is 0.267 e. The van der Waals surface area contributed by atoms with Crippen LogP contribution in [0.2, 0.25) is 0 Å². The lowest BCUT2D eigenvalue weighted by Gasteiger charge is -2.10. The van der Waals surface area contributed by atoms with E-state index in [0.717, 1.165) is 22.2 Å². The topological polar surface area (TPSA) is 41.5 Å². The van der Waals surface area contributed by atoms with E-state index in [0.29, 0.717) is 11.5 Å². The van der Waals surface area contributed by atoms with Gasteiger partial charge in [-0.1, -0.05) is 56.3 Å². The fraction of sp³-hybridized carbons (Fsp3) is 0.222. The van der Waals surface area contributed by atoms with Crippen LogP contribution in [0.5, 0.6) is 0 Å². The first-order valence-corrected chi connectivity index (χ1v) is 8.04. The highest BCUT2D eigenvalue weighted by atomic mass is 79.9. The van der Waals surface area contributed by atoms with Gasteiger partial charge in [0.2, 0.25) is 0 Å². The van der Waals surface area contributed by atoms with Crippen LogP contribution in [0.1, 0.15) is 36.2 Å². The molecule has 0 saturated carbocycles. The normalized spacial score (nSPS) is 11.5. The summed E-state index contributed by atoms with van der Waals surface area (Å²) in [6.45, 7) is 4.27. The van der Waals surface area contributed by atoms with Gasteiger partial charge in [0.1, 0.15) is 0 Å². The molecule has 0 aliphatic heterocycles. The van der Waals surface area contributed by atoms with Crippen LogP contribution < -0.4 is 5.43 Å². The number of benzene rings is 2. The third-order valence-electron chi connectivity index (χ3n) is 3.12. The van der Waals surface area contributed by atoms with E-state index in [9.17, 15) is 4.79 Å². The van der Waals surface area contributed by atoms with Gasteiger partial charge in [-0.05, 0) is 46.0 Å². The highest BCUT2D eigenvalue weighted by Gasteiger charge is 2.10. The van der Waals surface area contributed by atoms with Gasteiger partial charge in [0.15, 0.2) is 0 Å². The average molecular weight is 359 g/mol. The predicted molar refractivity (Wildman–Crippen MR) is 94.0 cm³/mol. The van der Waals surface area contributed by atoms with Crippen LogP contribution in [0.25, 0.3) is 0 Å². The molecule has 1 amide bonds. The van der Waals surface area contributed by atoms with Gasteiger partial charge < -0.3 is 0 Å². The second kappa shape index (κ2) is 7.90. The van der Waals surface area contributed by atoms with Crippen LogP contribution in [0, 0.1) is 5.92 Å². The van der Waals surface area contributed by atoms with E-state index < -0.39 is 0 Å². The van der Waals surface area contributed by atoms with Crippen molar-refractivity contribution >= 4 is 27.5 Å². The van der Waals surface area contributed by atoms with Gasteiger partial charge in [0.05, 0.1) is 11.3 Å². The Balaban J connectivity index is 2.20. The number of rotatable bonds is 5. The summed E-state index contributed by atoms with van der Waals surface area (Å²) in [5.41, 5.74) is 5.15. The first-order valence-electron chi connectivity index (χ1n) is 7.24. The van der Waals surface area contributed by atoms with Gasteiger partial charge >= 0.3 is 0 Å². The first kappa shape index (κ1) is 16.4. The molecule has 1 N–H and O–H groups in total. The summed E-state index contributed by atoms with van der Waals surface area (Å²) in [4.78, 5) is 12.2. The molecule has 4 heteroatoms. The lowest BCUT2D eigenvalue weighted by Crippen LogP contribution is -2.21. The van der Waals surface area contributed by atoms with E-state index in [2.05, 4.69) is 40.3 Å². The van der Waals surface area contributed by atoms with Crippen molar-refractivity contribution in [1.29, 1.82) is 0 Å². The zero-order valence-electron chi connectivity index (χ0n) is 12.7. The van der Waals surface area contributed by atoms with E-state index >= 15 is 0 Å². The van der Waals surface area contributed by atoms with E-state index in [1.165, 1.54) is 0 Å². The van der Waals surface area contributed by atoms with E-state index in [4.69, 9.17) is 0 Å². The number of hydrogen-bond acceptors (Lipinski definition) is 2. The molecule has 0 saturated heterocycles. The van der Waals surface area contributed by atoms with Crippen molar-refractivity contribution in [1.82, 2.24) is 5.43 Å². The summed E-state index contributed by atoms with van der Waals surface area (Å²) in [6, 6.07) is 17.2. The Hall–Kier alpha value is -1.94. The minimum absolute atomic E-state index is 0.218. The molecule has 0 spiro atoms. The van der Waals surface area contributed by atoms with Crippen LogP contribution in [-0.4, -0.2) is 11.6 Å². The van der Waals surface area contributed by atoms with E-state index in [-0.39, 0.29) is 5.91 Å². The van der Waals surface area contributed by atoms with Crippen LogP contribution in [-0.2, 0) is 0 Å². The molecule has 2 rings (SSSR count).